The number of carbonyl (C=O) groups excluding carboxylic acids is 1. The van der Waals surface area contributed by atoms with Crippen LogP contribution in [0.2, 0.25) is 0 Å². The molecule has 0 saturated carbocycles. The van der Waals surface area contributed by atoms with Crippen LogP contribution in [0.4, 0.5) is 0 Å². The Morgan fingerprint density at radius 3 is 3.00 bits per heavy atom. The first-order valence-electron chi connectivity index (χ1n) is 6.92. The van der Waals surface area contributed by atoms with Crippen LogP contribution in [0.25, 0.3) is 0 Å². The minimum atomic E-state index is -0.326. The second kappa shape index (κ2) is 6.75. The van der Waals surface area contributed by atoms with Gasteiger partial charge in [-0.1, -0.05) is 17.0 Å². The smallest absolute Gasteiger partial charge is 0.274 e. The molecule has 0 bridgehead atoms. The fraction of sp³-hybridized carbons (Fsp3) is 0.250. The van der Waals surface area contributed by atoms with Gasteiger partial charge in [-0.15, -0.1) is 0 Å². The lowest BCUT2D eigenvalue weighted by Gasteiger charge is -2.02. The Kier molecular flexibility index (Phi) is 4.34. The molecule has 1 N–H and O–H groups in total. The van der Waals surface area contributed by atoms with Crippen LogP contribution in [0.1, 0.15) is 16.2 Å². The largest absolute Gasteiger partial charge is 0.481 e. The molecule has 1 aliphatic rings. The molecule has 2 aromatic rings. The van der Waals surface area contributed by atoms with Crippen molar-refractivity contribution in [2.45, 2.75) is 6.92 Å². The molecule has 0 atom stereocenters. The van der Waals surface area contributed by atoms with Crippen molar-refractivity contribution in [3.63, 3.8) is 0 Å². The van der Waals surface area contributed by atoms with Crippen LogP contribution in [0, 0.1) is 18.8 Å². The number of nitrogens with zero attached hydrogens (tertiary/aromatic N) is 1. The fourth-order valence-electron chi connectivity index (χ4n) is 1.89. The molecule has 0 aliphatic carbocycles. The zero-order valence-corrected chi connectivity index (χ0v) is 12.4. The average Bonchev–Trinajstić information content (AvgIpc) is 3.18. The first kappa shape index (κ1) is 14.8. The normalized spacial score (nSPS) is 11.5. The first-order valence-corrected chi connectivity index (χ1v) is 6.92. The maximum absolute atomic E-state index is 11.7. The molecule has 0 spiro atoms. The lowest BCUT2D eigenvalue weighted by Crippen LogP contribution is -2.23. The van der Waals surface area contributed by atoms with E-state index in [1.54, 1.807) is 31.2 Å². The Balaban J connectivity index is 1.41. The van der Waals surface area contributed by atoms with Gasteiger partial charge in [-0.05, 0) is 19.1 Å². The number of benzene rings is 1. The number of amides is 1. The van der Waals surface area contributed by atoms with Crippen molar-refractivity contribution < 1.29 is 23.5 Å². The lowest BCUT2D eigenvalue weighted by atomic mass is 10.3. The van der Waals surface area contributed by atoms with Crippen LogP contribution < -0.4 is 19.5 Å². The van der Waals surface area contributed by atoms with Crippen LogP contribution >= 0.6 is 0 Å². The molecule has 1 aliphatic heterocycles. The number of aromatic nitrogens is 1. The quantitative estimate of drug-likeness (QED) is 0.862. The highest BCUT2D eigenvalue weighted by Gasteiger charge is 2.13. The molecule has 0 unspecified atom stereocenters. The van der Waals surface area contributed by atoms with Gasteiger partial charge in [0.15, 0.2) is 17.2 Å². The van der Waals surface area contributed by atoms with Gasteiger partial charge in [0.05, 0.1) is 6.54 Å². The molecule has 7 nitrogen and oxygen atoms in total. The highest BCUT2D eigenvalue weighted by atomic mass is 16.7. The second-order valence-electron chi connectivity index (χ2n) is 4.66. The number of carbonyl (C=O) groups is 1. The number of aryl methyl sites for hydroxylation is 1. The Morgan fingerprint density at radius 1 is 1.30 bits per heavy atom. The summed E-state index contributed by atoms with van der Waals surface area (Å²) in [6, 6.07) is 6.87. The standard InChI is InChI=1S/C16H14N2O5/c1-11-8-13(18-23-11)16(19)17-6-2-3-7-20-12-4-5-14-15(9-12)22-10-21-14/h4-5,8-9H,6-7,10H2,1H3,(H,17,19). The van der Waals surface area contributed by atoms with Gasteiger partial charge in [-0.25, -0.2) is 0 Å². The summed E-state index contributed by atoms with van der Waals surface area (Å²) in [5.74, 6) is 7.87. The summed E-state index contributed by atoms with van der Waals surface area (Å²) in [7, 11) is 0. The summed E-state index contributed by atoms with van der Waals surface area (Å²) in [4.78, 5) is 11.7. The number of hydrogen-bond donors (Lipinski definition) is 1. The third kappa shape index (κ3) is 3.74. The molecule has 0 saturated heterocycles. The van der Waals surface area contributed by atoms with Gasteiger partial charge < -0.3 is 24.1 Å². The minimum Gasteiger partial charge on any atom is -0.481 e. The molecule has 1 aromatic carbocycles. The van der Waals surface area contributed by atoms with Crippen LogP contribution in [-0.2, 0) is 0 Å². The van der Waals surface area contributed by atoms with E-state index in [1.165, 1.54) is 0 Å². The number of hydrogen-bond acceptors (Lipinski definition) is 6. The molecule has 0 fully saturated rings. The van der Waals surface area contributed by atoms with E-state index < -0.39 is 0 Å². The summed E-state index contributed by atoms with van der Waals surface area (Å²) in [6.07, 6.45) is 0. The molecule has 0 radical (unpaired) electrons. The summed E-state index contributed by atoms with van der Waals surface area (Å²) >= 11 is 0. The van der Waals surface area contributed by atoms with Crippen molar-refractivity contribution in [2.75, 3.05) is 19.9 Å². The van der Waals surface area contributed by atoms with Crippen molar-refractivity contribution in [2.24, 2.45) is 0 Å². The Bertz CT molecular complexity index is 772. The van der Waals surface area contributed by atoms with Gasteiger partial charge >= 0.3 is 0 Å². The zero-order valence-electron chi connectivity index (χ0n) is 12.4. The van der Waals surface area contributed by atoms with Crippen molar-refractivity contribution in [1.82, 2.24) is 10.5 Å². The lowest BCUT2D eigenvalue weighted by molar-refractivity contribution is 0.0949. The Morgan fingerprint density at radius 2 is 2.17 bits per heavy atom. The van der Waals surface area contributed by atoms with Crippen LogP contribution in [0.15, 0.2) is 28.8 Å². The van der Waals surface area contributed by atoms with E-state index in [4.69, 9.17) is 18.7 Å². The van der Waals surface area contributed by atoms with Gasteiger partial charge in [-0.2, -0.15) is 0 Å². The third-order valence-electron chi connectivity index (χ3n) is 2.98. The highest BCUT2D eigenvalue weighted by molar-refractivity contribution is 5.92. The number of ether oxygens (including phenoxy) is 3. The van der Waals surface area contributed by atoms with E-state index in [-0.39, 0.29) is 31.5 Å². The maximum atomic E-state index is 11.7. The molecule has 7 heteroatoms. The van der Waals surface area contributed by atoms with E-state index in [2.05, 4.69) is 22.3 Å². The van der Waals surface area contributed by atoms with Gasteiger partial charge in [0.1, 0.15) is 18.1 Å². The fourth-order valence-corrected chi connectivity index (χ4v) is 1.89. The Labute approximate surface area is 132 Å². The van der Waals surface area contributed by atoms with E-state index in [1.807, 2.05) is 0 Å². The van der Waals surface area contributed by atoms with Crippen molar-refractivity contribution >= 4 is 5.91 Å². The molecule has 23 heavy (non-hydrogen) atoms. The SMILES string of the molecule is Cc1cc(C(=O)NCC#CCOc2ccc3c(c2)OCO3)no1. The minimum absolute atomic E-state index is 0.204. The summed E-state index contributed by atoms with van der Waals surface area (Å²) in [5.41, 5.74) is 0.237. The second-order valence-corrected chi connectivity index (χ2v) is 4.66. The molecule has 1 aromatic heterocycles. The molecule has 2 heterocycles. The number of nitrogens with one attached hydrogen (secondary N) is 1. The highest BCUT2D eigenvalue weighted by Crippen LogP contribution is 2.34. The van der Waals surface area contributed by atoms with Gasteiger partial charge in [-0.3, -0.25) is 4.79 Å². The zero-order chi connectivity index (χ0) is 16.1. The van der Waals surface area contributed by atoms with Gasteiger partial charge in [0.25, 0.3) is 5.91 Å². The maximum Gasteiger partial charge on any atom is 0.274 e. The van der Waals surface area contributed by atoms with Crippen molar-refractivity contribution in [1.29, 1.82) is 0 Å². The van der Waals surface area contributed by atoms with E-state index in [0.717, 1.165) is 0 Å². The first-order chi connectivity index (χ1) is 11.2. The number of fused-ring (bicyclic) bond motifs is 1. The summed E-state index contributed by atoms with van der Waals surface area (Å²) in [5, 5.41) is 6.23. The third-order valence-corrected chi connectivity index (χ3v) is 2.98. The summed E-state index contributed by atoms with van der Waals surface area (Å²) in [6.45, 7) is 2.36. The topological polar surface area (TPSA) is 82.8 Å². The van der Waals surface area contributed by atoms with Crippen molar-refractivity contribution in [3.05, 3.63) is 35.7 Å². The van der Waals surface area contributed by atoms with Gasteiger partial charge in [0.2, 0.25) is 6.79 Å². The molecule has 118 valence electrons. The van der Waals surface area contributed by atoms with Crippen LogP contribution in [-0.4, -0.2) is 31.0 Å². The Hall–Kier alpha value is -3.14. The van der Waals surface area contributed by atoms with Crippen molar-refractivity contribution in [3.8, 4) is 29.1 Å². The van der Waals surface area contributed by atoms with E-state index >= 15 is 0 Å². The molecule has 1 amide bonds. The summed E-state index contributed by atoms with van der Waals surface area (Å²) < 4.78 is 20.8. The van der Waals surface area contributed by atoms with Crippen LogP contribution in [0.3, 0.4) is 0 Å². The number of rotatable bonds is 4. The molecular formula is C16H14N2O5. The van der Waals surface area contributed by atoms with E-state index in [9.17, 15) is 4.79 Å². The predicted molar refractivity (Wildman–Crippen MR) is 79.4 cm³/mol. The van der Waals surface area contributed by atoms with Crippen LogP contribution in [0.5, 0.6) is 17.2 Å². The van der Waals surface area contributed by atoms with E-state index in [0.29, 0.717) is 23.0 Å². The monoisotopic (exact) mass is 314 g/mol. The van der Waals surface area contributed by atoms with Gasteiger partial charge in [0, 0.05) is 12.1 Å². The molecular weight excluding hydrogens is 300 g/mol. The molecule has 3 rings (SSSR count). The average molecular weight is 314 g/mol. The predicted octanol–water partition coefficient (Wildman–Crippen LogP) is 1.52.